The smallest absolute Gasteiger partial charge is 0.411 e. The fourth-order valence-electron chi connectivity index (χ4n) is 2.43. The highest BCUT2D eigenvalue weighted by molar-refractivity contribution is 7.10. The van der Waals surface area contributed by atoms with E-state index in [1.807, 2.05) is 38.3 Å². The molecule has 1 atom stereocenters. The van der Waals surface area contributed by atoms with E-state index < -0.39 is 5.60 Å². The van der Waals surface area contributed by atoms with Crippen LogP contribution in [-0.4, -0.2) is 46.3 Å². The summed E-state index contributed by atoms with van der Waals surface area (Å²) in [5.41, 5.74) is 1.29. The molecule has 1 aliphatic rings. The minimum absolute atomic E-state index is 0.218. The Hall–Kier alpha value is -1.99. The Bertz CT molecular complexity index is 697. The monoisotopic (exact) mass is 347 g/mol. The maximum atomic E-state index is 12.5. The van der Waals surface area contributed by atoms with Crippen LogP contribution >= 0.6 is 11.3 Å². The lowest BCUT2D eigenvalue weighted by Crippen LogP contribution is -2.45. The van der Waals surface area contributed by atoms with E-state index in [4.69, 9.17) is 9.47 Å². The van der Waals surface area contributed by atoms with Gasteiger partial charge >= 0.3 is 6.09 Å². The maximum absolute atomic E-state index is 12.5. The number of nitrogens with zero attached hydrogens (tertiary/aromatic N) is 3. The summed E-state index contributed by atoms with van der Waals surface area (Å²) in [5, 5.41) is 2.83. The second-order valence-corrected chi connectivity index (χ2v) is 7.47. The summed E-state index contributed by atoms with van der Waals surface area (Å²) in [7, 11) is 0. The lowest BCUT2D eigenvalue weighted by molar-refractivity contribution is -0.0331. The Kier molecular flexibility index (Phi) is 4.82. The van der Waals surface area contributed by atoms with Crippen molar-refractivity contribution in [3.63, 3.8) is 0 Å². The highest BCUT2D eigenvalue weighted by Crippen LogP contribution is 2.31. The van der Waals surface area contributed by atoms with Gasteiger partial charge < -0.3 is 9.47 Å². The molecule has 24 heavy (non-hydrogen) atoms. The number of rotatable bonds is 2. The van der Waals surface area contributed by atoms with Crippen LogP contribution in [0.4, 0.5) is 4.79 Å². The van der Waals surface area contributed by atoms with E-state index in [2.05, 4.69) is 9.97 Å². The quantitative estimate of drug-likeness (QED) is 0.832. The van der Waals surface area contributed by atoms with Crippen LogP contribution in [-0.2, 0) is 9.47 Å². The zero-order valence-corrected chi connectivity index (χ0v) is 14.9. The van der Waals surface area contributed by atoms with E-state index in [-0.39, 0.29) is 12.1 Å². The fraction of sp³-hybridized carbons (Fsp3) is 0.471. The van der Waals surface area contributed by atoms with Gasteiger partial charge in [0.2, 0.25) is 0 Å². The Morgan fingerprint density at radius 1 is 1.46 bits per heavy atom. The van der Waals surface area contributed by atoms with Gasteiger partial charge in [-0.3, -0.25) is 9.88 Å². The van der Waals surface area contributed by atoms with Crippen molar-refractivity contribution in [1.82, 2.24) is 14.9 Å². The molecule has 2 aromatic rings. The third kappa shape index (κ3) is 3.91. The van der Waals surface area contributed by atoms with Crippen LogP contribution in [0, 0.1) is 0 Å². The first-order chi connectivity index (χ1) is 11.4. The van der Waals surface area contributed by atoms with Gasteiger partial charge in [0.05, 0.1) is 18.9 Å². The van der Waals surface area contributed by atoms with Crippen LogP contribution in [0.25, 0.3) is 11.3 Å². The Labute approximate surface area is 145 Å². The Morgan fingerprint density at radius 3 is 3.00 bits per heavy atom. The number of morpholine rings is 1. The van der Waals surface area contributed by atoms with Gasteiger partial charge in [0, 0.05) is 29.9 Å². The highest BCUT2D eigenvalue weighted by atomic mass is 32.1. The first-order valence-electron chi connectivity index (χ1n) is 7.87. The standard InChI is InChI=1S/C17H21N3O3S/c1-17(2,3)23-16(21)20-7-8-22-10-14(20)15-19-13(11-24-15)12-5-4-6-18-9-12/h4-6,9,11,14H,7-8,10H2,1-3H3/t14-/m0/s1. The summed E-state index contributed by atoms with van der Waals surface area (Å²) in [6, 6.07) is 3.63. The molecule has 0 unspecified atom stereocenters. The van der Waals surface area contributed by atoms with Gasteiger partial charge in [-0.25, -0.2) is 9.78 Å². The van der Waals surface area contributed by atoms with Gasteiger partial charge in [-0.05, 0) is 32.9 Å². The molecule has 0 spiro atoms. The summed E-state index contributed by atoms with van der Waals surface area (Å²) in [5.74, 6) is 0. The minimum Gasteiger partial charge on any atom is -0.444 e. The molecule has 1 amide bonds. The fourth-order valence-corrected chi connectivity index (χ4v) is 3.36. The largest absolute Gasteiger partial charge is 0.444 e. The van der Waals surface area contributed by atoms with Crippen molar-refractivity contribution in [1.29, 1.82) is 0 Å². The number of carbonyl (C=O) groups excluding carboxylic acids is 1. The minimum atomic E-state index is -0.524. The molecule has 0 aromatic carbocycles. The van der Waals surface area contributed by atoms with Crippen LogP contribution in [0.2, 0.25) is 0 Å². The van der Waals surface area contributed by atoms with Crippen molar-refractivity contribution in [2.45, 2.75) is 32.4 Å². The molecule has 0 aliphatic carbocycles. The summed E-state index contributed by atoms with van der Waals surface area (Å²) in [6.07, 6.45) is 3.19. The number of pyridine rings is 1. The van der Waals surface area contributed by atoms with E-state index >= 15 is 0 Å². The molecule has 2 aromatic heterocycles. The van der Waals surface area contributed by atoms with E-state index in [1.165, 1.54) is 11.3 Å². The number of amides is 1. The number of hydrogen-bond donors (Lipinski definition) is 0. The molecule has 0 saturated carbocycles. The zero-order valence-electron chi connectivity index (χ0n) is 14.1. The van der Waals surface area contributed by atoms with Gasteiger partial charge in [0.1, 0.15) is 16.7 Å². The third-order valence-corrected chi connectivity index (χ3v) is 4.47. The molecule has 0 radical (unpaired) electrons. The van der Waals surface area contributed by atoms with Crippen molar-refractivity contribution >= 4 is 17.4 Å². The molecular formula is C17H21N3O3S. The molecule has 1 saturated heterocycles. The lowest BCUT2D eigenvalue weighted by Gasteiger charge is -2.35. The average Bonchev–Trinajstić information content (AvgIpc) is 3.04. The van der Waals surface area contributed by atoms with Gasteiger partial charge in [0.15, 0.2) is 0 Å². The summed E-state index contributed by atoms with van der Waals surface area (Å²) >= 11 is 1.52. The van der Waals surface area contributed by atoms with E-state index in [0.29, 0.717) is 19.8 Å². The molecule has 1 fully saturated rings. The maximum Gasteiger partial charge on any atom is 0.411 e. The van der Waals surface area contributed by atoms with Gasteiger partial charge in [0.25, 0.3) is 0 Å². The first-order valence-corrected chi connectivity index (χ1v) is 8.75. The summed E-state index contributed by atoms with van der Waals surface area (Å²) in [6.45, 7) is 7.04. The normalized spacial score (nSPS) is 18.5. The molecule has 7 heteroatoms. The van der Waals surface area contributed by atoms with Crippen LogP contribution in [0.5, 0.6) is 0 Å². The molecule has 3 heterocycles. The predicted octanol–water partition coefficient (Wildman–Crippen LogP) is 3.51. The molecule has 0 N–H and O–H groups in total. The number of thiazole rings is 1. The van der Waals surface area contributed by atoms with Gasteiger partial charge in [-0.15, -0.1) is 11.3 Å². The van der Waals surface area contributed by atoms with Crippen molar-refractivity contribution in [2.75, 3.05) is 19.8 Å². The van der Waals surface area contributed by atoms with Gasteiger partial charge in [-0.1, -0.05) is 0 Å². The number of hydrogen-bond acceptors (Lipinski definition) is 6. The van der Waals surface area contributed by atoms with Crippen LogP contribution in [0.3, 0.4) is 0 Å². The van der Waals surface area contributed by atoms with Crippen molar-refractivity contribution in [3.8, 4) is 11.3 Å². The molecule has 128 valence electrons. The topological polar surface area (TPSA) is 64.5 Å². The average molecular weight is 347 g/mol. The van der Waals surface area contributed by atoms with Crippen LogP contribution in [0.1, 0.15) is 31.8 Å². The molecule has 0 bridgehead atoms. The molecular weight excluding hydrogens is 326 g/mol. The predicted molar refractivity (Wildman–Crippen MR) is 91.8 cm³/mol. The molecule has 1 aliphatic heterocycles. The highest BCUT2D eigenvalue weighted by Gasteiger charge is 2.33. The second-order valence-electron chi connectivity index (χ2n) is 6.58. The van der Waals surface area contributed by atoms with Gasteiger partial charge in [-0.2, -0.15) is 0 Å². The van der Waals surface area contributed by atoms with E-state index in [9.17, 15) is 4.79 Å². The van der Waals surface area contributed by atoms with Crippen LogP contribution in [0.15, 0.2) is 29.9 Å². The van der Waals surface area contributed by atoms with E-state index in [1.54, 1.807) is 17.3 Å². The number of ether oxygens (including phenoxy) is 2. The number of carbonyl (C=O) groups is 1. The first kappa shape index (κ1) is 16.9. The second kappa shape index (κ2) is 6.86. The summed E-state index contributed by atoms with van der Waals surface area (Å²) < 4.78 is 11.1. The van der Waals surface area contributed by atoms with E-state index in [0.717, 1.165) is 16.3 Å². The molecule has 6 nitrogen and oxygen atoms in total. The summed E-state index contributed by atoms with van der Waals surface area (Å²) in [4.78, 5) is 23.0. The third-order valence-electron chi connectivity index (χ3n) is 3.52. The van der Waals surface area contributed by atoms with Crippen LogP contribution < -0.4 is 0 Å². The zero-order chi connectivity index (χ0) is 17.2. The van der Waals surface area contributed by atoms with Crippen molar-refractivity contribution < 1.29 is 14.3 Å². The van der Waals surface area contributed by atoms with Crippen molar-refractivity contribution in [3.05, 3.63) is 34.9 Å². The molecule has 3 rings (SSSR count). The van der Waals surface area contributed by atoms with Crippen molar-refractivity contribution in [2.24, 2.45) is 0 Å². The Balaban J connectivity index is 1.81. The lowest BCUT2D eigenvalue weighted by atomic mass is 10.2. The number of aromatic nitrogens is 2. The SMILES string of the molecule is CC(C)(C)OC(=O)N1CCOC[C@H]1c1nc(-c2cccnc2)cs1. The Morgan fingerprint density at radius 2 is 2.29 bits per heavy atom.